The number of nitrogens with zero attached hydrogens (tertiary/aromatic N) is 1. The summed E-state index contributed by atoms with van der Waals surface area (Å²) in [5.74, 6) is 0.654. The first-order valence-corrected chi connectivity index (χ1v) is 8.77. The van der Waals surface area contributed by atoms with E-state index in [2.05, 4.69) is 13.8 Å². The molecule has 3 nitrogen and oxygen atoms in total. The van der Waals surface area contributed by atoms with Gasteiger partial charge in [0.2, 0.25) is 0 Å². The molecule has 1 atom stereocenters. The van der Waals surface area contributed by atoms with Crippen molar-refractivity contribution in [2.45, 2.75) is 58.5 Å². The van der Waals surface area contributed by atoms with E-state index in [4.69, 9.17) is 11.1 Å². The highest BCUT2D eigenvalue weighted by Crippen LogP contribution is 2.22. The Morgan fingerprint density at radius 3 is 2.56 bits per heavy atom. The maximum Gasteiger partial charge on any atom is 0.432 e. The molecule has 1 rings (SSSR count). The molecule has 0 aliphatic carbocycles. The van der Waals surface area contributed by atoms with Crippen LogP contribution >= 0.6 is 0 Å². The van der Waals surface area contributed by atoms with Crippen molar-refractivity contribution in [3.8, 4) is 0 Å². The van der Waals surface area contributed by atoms with Crippen molar-refractivity contribution in [3.05, 3.63) is 41.4 Å². The number of nitrogens with one attached hydrogen (secondary N) is 2. The second kappa shape index (κ2) is 9.59. The second-order valence-corrected chi connectivity index (χ2v) is 6.46. The Hall–Kier alpha value is -1.85. The molecule has 2 N–H and O–H groups in total. The zero-order chi connectivity index (χ0) is 19.0. The predicted molar refractivity (Wildman–Crippen MR) is 95.3 cm³/mol. The van der Waals surface area contributed by atoms with Crippen LogP contribution in [0, 0.1) is 11.3 Å². The minimum absolute atomic E-state index is 0.301. The van der Waals surface area contributed by atoms with Crippen molar-refractivity contribution in [1.82, 2.24) is 0 Å². The van der Waals surface area contributed by atoms with Gasteiger partial charge in [-0.1, -0.05) is 45.2 Å². The van der Waals surface area contributed by atoms with E-state index in [0.717, 1.165) is 24.8 Å². The molecule has 25 heavy (non-hydrogen) atoms. The number of hydrogen-bond donors (Lipinski definition) is 1. The van der Waals surface area contributed by atoms with Crippen LogP contribution in [0.15, 0.2) is 24.4 Å². The third-order valence-electron chi connectivity index (χ3n) is 4.47. The molecule has 0 amide bonds. The second-order valence-electron chi connectivity index (χ2n) is 6.46. The van der Waals surface area contributed by atoms with Crippen molar-refractivity contribution in [2.75, 3.05) is 0 Å². The molecule has 0 radical (unpaired) electrons. The molecule has 1 aromatic rings. The third-order valence-corrected chi connectivity index (χ3v) is 4.47. The van der Waals surface area contributed by atoms with Crippen molar-refractivity contribution < 1.29 is 17.7 Å². The van der Waals surface area contributed by atoms with Gasteiger partial charge < -0.3 is 5.73 Å². The molecule has 1 aromatic heterocycles. The van der Waals surface area contributed by atoms with Gasteiger partial charge in [-0.05, 0) is 30.4 Å². The minimum atomic E-state index is -4.73. The van der Waals surface area contributed by atoms with Crippen molar-refractivity contribution in [3.63, 3.8) is 0 Å². The predicted octanol–water partition coefficient (Wildman–Crippen LogP) is 5.64. The first-order chi connectivity index (χ1) is 11.7. The molecule has 0 saturated carbocycles. The van der Waals surface area contributed by atoms with Gasteiger partial charge in [0.15, 0.2) is 11.9 Å². The van der Waals surface area contributed by atoms with Crippen LogP contribution in [-0.2, 0) is 13.5 Å². The molecular formula is C19H28F3N3. The van der Waals surface area contributed by atoms with Crippen molar-refractivity contribution in [2.24, 2.45) is 13.0 Å². The molecule has 0 fully saturated rings. The summed E-state index contributed by atoms with van der Waals surface area (Å²) in [6.45, 7) is 4.36. The fourth-order valence-corrected chi connectivity index (χ4v) is 2.75. The van der Waals surface area contributed by atoms with Gasteiger partial charge in [0.1, 0.15) is 12.8 Å². The monoisotopic (exact) mass is 355 g/mol. The molecule has 0 bridgehead atoms. The fourth-order valence-electron chi connectivity index (χ4n) is 2.75. The Morgan fingerprint density at radius 2 is 2.00 bits per heavy atom. The first-order valence-electron chi connectivity index (χ1n) is 8.77. The number of aromatic nitrogens is 1. The van der Waals surface area contributed by atoms with Crippen LogP contribution in [0.4, 0.5) is 13.2 Å². The lowest BCUT2D eigenvalue weighted by Gasteiger charge is -2.15. The summed E-state index contributed by atoms with van der Waals surface area (Å²) in [5.41, 5.74) is 7.49. The van der Waals surface area contributed by atoms with E-state index in [1.165, 1.54) is 19.3 Å². The summed E-state index contributed by atoms with van der Waals surface area (Å²) in [5, 5.41) is 7.04. The summed E-state index contributed by atoms with van der Waals surface area (Å²) in [4.78, 5) is 0. The lowest BCUT2D eigenvalue weighted by atomic mass is 9.92. The van der Waals surface area contributed by atoms with Crippen LogP contribution < -0.4 is 4.57 Å². The maximum atomic E-state index is 12.5. The highest BCUT2D eigenvalue weighted by atomic mass is 19.4. The van der Waals surface area contributed by atoms with E-state index < -0.39 is 11.9 Å². The summed E-state index contributed by atoms with van der Waals surface area (Å²) in [6.07, 6.45) is 4.21. The number of alkyl halides is 3. The number of aryl methyl sites for hydroxylation is 2. The minimum Gasteiger partial charge on any atom is -0.693 e. The van der Waals surface area contributed by atoms with Crippen LogP contribution in [0.5, 0.6) is 0 Å². The Morgan fingerprint density at radius 1 is 1.32 bits per heavy atom. The number of hydrogen-bond acceptors (Lipinski definition) is 1. The molecule has 140 valence electrons. The van der Waals surface area contributed by atoms with Crippen LogP contribution in [-0.4, -0.2) is 11.9 Å². The van der Waals surface area contributed by atoms with E-state index in [1.807, 2.05) is 6.07 Å². The Bertz CT molecular complexity index is 606. The van der Waals surface area contributed by atoms with Gasteiger partial charge in [-0.2, -0.15) is 13.2 Å². The SMILES string of the molecule is CCCCC(CC)CCc1cc[n+](C)c(/C([NH-])=C/C(=N)C(F)(F)F)c1. The molecular weight excluding hydrogens is 327 g/mol. The van der Waals surface area contributed by atoms with Gasteiger partial charge in [-0.15, -0.1) is 0 Å². The molecule has 1 heterocycles. The van der Waals surface area contributed by atoms with Gasteiger partial charge >= 0.3 is 6.18 Å². The molecule has 6 heteroatoms. The standard InChI is InChI=1S/C19H28F3N3/c1-4-6-7-14(5-2)8-9-15-10-11-25(3)17(12-15)16(23)13-18(24)19(20,21)22/h10-14,23-24H,4-9H2,1-3H3/b16-13-,24-18?. The summed E-state index contributed by atoms with van der Waals surface area (Å²) >= 11 is 0. The molecule has 0 aliphatic rings. The van der Waals surface area contributed by atoms with Gasteiger partial charge in [0.25, 0.3) is 0 Å². The Balaban J connectivity index is 2.89. The Kier molecular flexibility index (Phi) is 8.13. The van der Waals surface area contributed by atoms with Gasteiger partial charge in [0.05, 0.1) is 0 Å². The average Bonchev–Trinajstić information content (AvgIpc) is 2.55. The lowest BCUT2D eigenvalue weighted by molar-refractivity contribution is -0.673. The van der Waals surface area contributed by atoms with Crippen LogP contribution in [0.2, 0.25) is 0 Å². The normalized spacial score (nSPS) is 13.8. The summed E-state index contributed by atoms with van der Waals surface area (Å²) < 4.78 is 39.1. The fraction of sp³-hybridized carbons (Fsp3) is 0.579. The van der Waals surface area contributed by atoms with E-state index in [0.29, 0.717) is 17.7 Å². The number of pyridine rings is 1. The molecule has 0 aliphatic heterocycles. The highest BCUT2D eigenvalue weighted by molar-refractivity contribution is 6.02. The Labute approximate surface area is 148 Å². The van der Waals surface area contributed by atoms with E-state index >= 15 is 0 Å². The quantitative estimate of drug-likeness (QED) is 0.440. The third kappa shape index (κ3) is 6.88. The van der Waals surface area contributed by atoms with E-state index in [9.17, 15) is 13.2 Å². The maximum absolute atomic E-state index is 12.5. The number of unbranched alkanes of at least 4 members (excludes halogenated alkanes) is 1. The largest absolute Gasteiger partial charge is 0.693 e. The number of rotatable bonds is 9. The van der Waals surface area contributed by atoms with Gasteiger partial charge in [0, 0.05) is 12.1 Å². The van der Waals surface area contributed by atoms with Crippen LogP contribution in [0.25, 0.3) is 11.4 Å². The zero-order valence-electron chi connectivity index (χ0n) is 15.2. The van der Waals surface area contributed by atoms with Crippen molar-refractivity contribution >= 4 is 11.4 Å². The number of allylic oxidation sites excluding steroid dienone is 1. The molecule has 1 unspecified atom stereocenters. The van der Waals surface area contributed by atoms with Crippen LogP contribution in [0.3, 0.4) is 0 Å². The van der Waals surface area contributed by atoms with Crippen molar-refractivity contribution in [1.29, 1.82) is 5.41 Å². The first kappa shape index (κ1) is 21.2. The zero-order valence-corrected chi connectivity index (χ0v) is 15.2. The number of halogens is 3. The summed E-state index contributed by atoms with van der Waals surface area (Å²) in [7, 11) is 1.69. The lowest BCUT2D eigenvalue weighted by Crippen LogP contribution is -2.32. The van der Waals surface area contributed by atoms with Crippen LogP contribution in [0.1, 0.15) is 57.2 Å². The average molecular weight is 355 g/mol. The van der Waals surface area contributed by atoms with E-state index in [-0.39, 0.29) is 5.70 Å². The molecule has 0 aromatic carbocycles. The topological polar surface area (TPSA) is 51.5 Å². The van der Waals surface area contributed by atoms with E-state index in [1.54, 1.807) is 23.9 Å². The van der Waals surface area contributed by atoms with Gasteiger partial charge in [-0.25, -0.2) is 4.57 Å². The smallest absolute Gasteiger partial charge is 0.432 e. The molecule has 0 spiro atoms. The highest BCUT2D eigenvalue weighted by Gasteiger charge is 2.32. The summed E-state index contributed by atoms with van der Waals surface area (Å²) in [6, 6.07) is 3.70. The molecule has 0 saturated heterocycles. The van der Waals surface area contributed by atoms with Gasteiger partial charge in [-0.3, -0.25) is 5.41 Å².